The topological polar surface area (TPSA) is 18.5 Å². The lowest BCUT2D eigenvalue weighted by Crippen LogP contribution is -2.19. The molecule has 0 saturated carbocycles. The third-order valence-corrected chi connectivity index (χ3v) is 1.28. The van der Waals surface area contributed by atoms with E-state index in [2.05, 4.69) is 4.74 Å². The van der Waals surface area contributed by atoms with Gasteiger partial charge in [-0.25, -0.2) is 0 Å². The maximum atomic E-state index is 11.7. The molecule has 0 N–H and O–H groups in total. The van der Waals surface area contributed by atoms with Crippen molar-refractivity contribution in [2.75, 3.05) is 13.7 Å². The van der Waals surface area contributed by atoms with Gasteiger partial charge in [-0.05, 0) is 6.92 Å². The SMILES string of the molecule is CCOC(CCC(F)(F)F)OC. The van der Waals surface area contributed by atoms with Crippen LogP contribution in [0.15, 0.2) is 0 Å². The predicted molar refractivity (Wildman–Crippen MR) is 37.7 cm³/mol. The van der Waals surface area contributed by atoms with E-state index in [1.165, 1.54) is 7.11 Å². The standard InChI is InChI=1S/C7H13F3O2/c1-3-12-6(11-2)4-5-7(8,9)10/h6H,3-5H2,1-2H3. The van der Waals surface area contributed by atoms with Gasteiger partial charge in [-0.1, -0.05) is 0 Å². The van der Waals surface area contributed by atoms with Gasteiger partial charge in [0.05, 0.1) is 0 Å². The summed E-state index contributed by atoms with van der Waals surface area (Å²) < 4.78 is 44.6. The first-order chi connectivity index (χ1) is 5.49. The fourth-order valence-electron chi connectivity index (χ4n) is 0.737. The molecule has 1 unspecified atom stereocenters. The Labute approximate surface area is 69.7 Å². The number of rotatable bonds is 5. The Morgan fingerprint density at radius 2 is 1.92 bits per heavy atom. The lowest BCUT2D eigenvalue weighted by molar-refractivity contribution is -0.170. The van der Waals surface area contributed by atoms with Crippen molar-refractivity contribution in [2.45, 2.75) is 32.2 Å². The molecule has 1 atom stereocenters. The van der Waals surface area contributed by atoms with Gasteiger partial charge in [-0.2, -0.15) is 13.2 Å². The van der Waals surface area contributed by atoms with Gasteiger partial charge in [0.2, 0.25) is 0 Å². The van der Waals surface area contributed by atoms with Crippen molar-refractivity contribution in [3.05, 3.63) is 0 Å². The zero-order valence-electron chi connectivity index (χ0n) is 7.15. The highest BCUT2D eigenvalue weighted by Crippen LogP contribution is 2.23. The number of halogens is 3. The fourth-order valence-corrected chi connectivity index (χ4v) is 0.737. The number of alkyl halides is 3. The molecular formula is C7H13F3O2. The third kappa shape index (κ3) is 6.42. The number of hydrogen-bond acceptors (Lipinski definition) is 2. The van der Waals surface area contributed by atoms with Gasteiger partial charge in [0, 0.05) is 26.6 Å². The number of hydrogen-bond donors (Lipinski definition) is 0. The summed E-state index contributed by atoms with van der Waals surface area (Å²) in [6, 6.07) is 0. The molecule has 5 heteroatoms. The lowest BCUT2D eigenvalue weighted by atomic mass is 10.3. The molecule has 0 aliphatic rings. The summed E-state index contributed by atoms with van der Waals surface area (Å²) in [5.41, 5.74) is 0. The van der Waals surface area contributed by atoms with E-state index < -0.39 is 18.9 Å². The first-order valence-electron chi connectivity index (χ1n) is 3.70. The van der Waals surface area contributed by atoms with Gasteiger partial charge in [0.15, 0.2) is 6.29 Å². The summed E-state index contributed by atoms with van der Waals surface area (Å²) >= 11 is 0. The van der Waals surface area contributed by atoms with Gasteiger partial charge >= 0.3 is 6.18 Å². The van der Waals surface area contributed by atoms with Crippen molar-refractivity contribution in [1.82, 2.24) is 0 Å². The van der Waals surface area contributed by atoms with Crippen molar-refractivity contribution >= 4 is 0 Å². The predicted octanol–water partition coefficient (Wildman–Crippen LogP) is 2.34. The summed E-state index contributed by atoms with van der Waals surface area (Å²) in [6.07, 6.45) is -5.88. The molecule has 2 nitrogen and oxygen atoms in total. The summed E-state index contributed by atoms with van der Waals surface area (Å²) in [5.74, 6) is 0. The second-order valence-electron chi connectivity index (χ2n) is 2.27. The average Bonchev–Trinajstić information content (AvgIpc) is 1.96. The van der Waals surface area contributed by atoms with Crippen LogP contribution < -0.4 is 0 Å². The summed E-state index contributed by atoms with van der Waals surface area (Å²) in [7, 11) is 1.33. The molecule has 0 aromatic heterocycles. The van der Waals surface area contributed by atoms with Crippen LogP contribution in [0.1, 0.15) is 19.8 Å². The van der Waals surface area contributed by atoms with Crippen molar-refractivity contribution in [2.24, 2.45) is 0 Å². The highest BCUT2D eigenvalue weighted by atomic mass is 19.4. The van der Waals surface area contributed by atoms with Crippen LogP contribution in [0.4, 0.5) is 13.2 Å². The average molecular weight is 186 g/mol. The first-order valence-corrected chi connectivity index (χ1v) is 3.70. The van der Waals surface area contributed by atoms with E-state index in [0.717, 1.165) is 0 Å². The normalized spacial score (nSPS) is 14.8. The van der Waals surface area contributed by atoms with E-state index in [-0.39, 0.29) is 6.42 Å². The van der Waals surface area contributed by atoms with Gasteiger partial charge in [-0.3, -0.25) is 0 Å². The van der Waals surface area contributed by atoms with Gasteiger partial charge < -0.3 is 9.47 Å². The largest absolute Gasteiger partial charge is 0.389 e. The van der Waals surface area contributed by atoms with E-state index in [1.54, 1.807) is 6.92 Å². The molecule has 74 valence electrons. The molecule has 0 rings (SSSR count). The third-order valence-electron chi connectivity index (χ3n) is 1.28. The van der Waals surface area contributed by atoms with E-state index in [0.29, 0.717) is 6.61 Å². The zero-order chi connectivity index (χ0) is 9.61. The van der Waals surface area contributed by atoms with E-state index >= 15 is 0 Å². The highest BCUT2D eigenvalue weighted by Gasteiger charge is 2.28. The van der Waals surface area contributed by atoms with Crippen LogP contribution in [-0.2, 0) is 9.47 Å². The smallest absolute Gasteiger partial charge is 0.356 e. The second-order valence-corrected chi connectivity index (χ2v) is 2.27. The molecule has 0 fully saturated rings. The zero-order valence-corrected chi connectivity index (χ0v) is 7.15. The van der Waals surface area contributed by atoms with E-state index in [4.69, 9.17) is 4.74 Å². The Balaban J connectivity index is 3.58. The summed E-state index contributed by atoms with van der Waals surface area (Å²) in [5, 5.41) is 0. The Bertz CT molecular complexity index is 114. The molecule has 0 radical (unpaired) electrons. The Kier molecular flexibility index (Phi) is 5.24. The molecule has 0 saturated heterocycles. The molecule has 0 amide bonds. The van der Waals surface area contributed by atoms with Crippen LogP contribution in [0, 0.1) is 0 Å². The fraction of sp³-hybridized carbons (Fsp3) is 1.00. The van der Waals surface area contributed by atoms with Crippen molar-refractivity contribution in [3.63, 3.8) is 0 Å². The quantitative estimate of drug-likeness (QED) is 0.613. The maximum Gasteiger partial charge on any atom is 0.389 e. The van der Waals surface area contributed by atoms with E-state index in [9.17, 15) is 13.2 Å². The van der Waals surface area contributed by atoms with Crippen LogP contribution in [0.2, 0.25) is 0 Å². The van der Waals surface area contributed by atoms with Crippen LogP contribution >= 0.6 is 0 Å². The first kappa shape index (κ1) is 11.7. The molecule has 0 aliphatic carbocycles. The summed E-state index contributed by atoms with van der Waals surface area (Å²) in [4.78, 5) is 0. The van der Waals surface area contributed by atoms with Crippen LogP contribution in [0.25, 0.3) is 0 Å². The minimum Gasteiger partial charge on any atom is -0.356 e. The lowest BCUT2D eigenvalue weighted by Gasteiger charge is -2.15. The number of methoxy groups -OCH3 is 1. The van der Waals surface area contributed by atoms with Crippen molar-refractivity contribution in [3.8, 4) is 0 Å². The van der Waals surface area contributed by atoms with Crippen LogP contribution in [0.3, 0.4) is 0 Å². The maximum absolute atomic E-state index is 11.7. The molecular weight excluding hydrogens is 173 g/mol. The van der Waals surface area contributed by atoms with Gasteiger partial charge in [0.1, 0.15) is 0 Å². The van der Waals surface area contributed by atoms with Crippen LogP contribution in [-0.4, -0.2) is 26.2 Å². The molecule has 0 spiro atoms. The molecule has 0 aromatic rings. The molecule has 12 heavy (non-hydrogen) atoms. The molecule has 0 bridgehead atoms. The Hall–Kier alpha value is -0.290. The number of ether oxygens (including phenoxy) is 2. The second kappa shape index (κ2) is 5.37. The van der Waals surface area contributed by atoms with Gasteiger partial charge in [-0.15, -0.1) is 0 Å². The molecule has 0 aromatic carbocycles. The van der Waals surface area contributed by atoms with Gasteiger partial charge in [0.25, 0.3) is 0 Å². The van der Waals surface area contributed by atoms with Crippen molar-refractivity contribution in [1.29, 1.82) is 0 Å². The monoisotopic (exact) mass is 186 g/mol. The Morgan fingerprint density at radius 3 is 2.25 bits per heavy atom. The molecule has 0 aliphatic heterocycles. The van der Waals surface area contributed by atoms with E-state index in [1.807, 2.05) is 0 Å². The summed E-state index contributed by atoms with van der Waals surface area (Å²) in [6.45, 7) is 2.07. The minimum absolute atomic E-state index is 0.145. The minimum atomic E-state index is -4.13. The van der Waals surface area contributed by atoms with Crippen LogP contribution in [0.5, 0.6) is 0 Å². The van der Waals surface area contributed by atoms with Crippen molar-refractivity contribution < 1.29 is 22.6 Å². The highest BCUT2D eigenvalue weighted by molar-refractivity contribution is 4.53. The molecule has 0 heterocycles. The Morgan fingerprint density at radius 1 is 1.33 bits per heavy atom.